The first kappa shape index (κ1) is 63.9. The van der Waals surface area contributed by atoms with Gasteiger partial charge >= 0.3 is 30.7 Å². The quantitative estimate of drug-likeness (QED) is 0.0404. The van der Waals surface area contributed by atoms with Crippen molar-refractivity contribution in [2.24, 2.45) is 0 Å². The minimum atomic E-state index is -6.35. The van der Waals surface area contributed by atoms with Gasteiger partial charge in [-0.15, -0.1) is 0 Å². The van der Waals surface area contributed by atoms with Crippen LogP contribution in [-0.2, 0) is 23.2 Å². The van der Waals surface area contributed by atoms with E-state index in [1.165, 1.54) is 32.0 Å². The van der Waals surface area contributed by atoms with E-state index < -0.39 is 149 Å². The zero-order chi connectivity index (χ0) is 65.0. The number of esters is 1. The smallest absolute Gasteiger partial charge is 0.417 e. The van der Waals surface area contributed by atoms with Gasteiger partial charge in [0, 0.05) is 11.0 Å². The van der Waals surface area contributed by atoms with Crippen molar-refractivity contribution in [1.82, 2.24) is 9.80 Å². The Morgan fingerprint density at radius 2 is 0.875 bits per heavy atom. The molecule has 0 aliphatic carbocycles. The number of benzene rings is 6. The summed E-state index contributed by atoms with van der Waals surface area (Å²) in [6.45, 7) is 12.9. The minimum absolute atomic E-state index is 0.0143. The van der Waals surface area contributed by atoms with Gasteiger partial charge in [-0.05, 0) is 153 Å². The van der Waals surface area contributed by atoms with Gasteiger partial charge in [-0.2, -0.15) is 52.7 Å². The topological polar surface area (TPSA) is 138 Å². The van der Waals surface area contributed by atoms with E-state index in [0.29, 0.717) is 41.3 Å². The molecule has 9 rings (SSSR count). The number of carbonyl (C=O) groups is 7. The lowest BCUT2D eigenvalue weighted by molar-refractivity contribution is -0.288. The van der Waals surface area contributed by atoms with Gasteiger partial charge in [0.15, 0.2) is 0 Å². The third-order valence-corrected chi connectivity index (χ3v) is 17.8. The molecule has 6 aromatic rings. The van der Waals surface area contributed by atoms with Crippen LogP contribution in [0, 0.1) is 6.92 Å². The Labute approximate surface area is 496 Å². The highest BCUT2D eigenvalue weighted by Crippen LogP contribution is 2.58. The first-order valence-corrected chi connectivity index (χ1v) is 27.9. The Balaban J connectivity index is 1.11. The summed E-state index contributed by atoms with van der Waals surface area (Å²) in [5.41, 5.74) is -22.4. The monoisotopic (exact) mass is 1230 g/mol. The second-order valence-corrected chi connectivity index (χ2v) is 22.6. The van der Waals surface area contributed by atoms with Crippen molar-refractivity contribution in [3.63, 3.8) is 0 Å². The molecular weight excluding hydrogens is 1180 g/mol. The molecule has 3 aliphatic heterocycles. The number of nitrogens with zero attached hydrogens (tertiary/aromatic N) is 3. The van der Waals surface area contributed by atoms with Gasteiger partial charge in [0.2, 0.25) is 5.41 Å². The minimum Gasteiger partial charge on any atom is -0.423 e. The Hall–Kier alpha value is -8.63. The average molecular weight is 1230 g/mol. The van der Waals surface area contributed by atoms with Crippen LogP contribution >= 0.6 is 0 Å². The molecule has 462 valence electrons. The molecule has 3 heterocycles. The zero-order valence-electron chi connectivity index (χ0n) is 48.4. The lowest BCUT2D eigenvalue weighted by Gasteiger charge is -2.54. The van der Waals surface area contributed by atoms with E-state index in [0.717, 1.165) is 22.6 Å². The van der Waals surface area contributed by atoms with E-state index in [9.17, 15) is 33.6 Å². The molecule has 0 N–H and O–H groups in total. The number of alkyl halides is 12. The van der Waals surface area contributed by atoms with Crippen LogP contribution in [0.15, 0.2) is 115 Å². The number of hydrogen-bond donors (Lipinski definition) is 0. The van der Waals surface area contributed by atoms with Gasteiger partial charge in [0.05, 0.1) is 61.3 Å². The maximum absolute atomic E-state index is 15.8. The molecule has 1 atom stereocenters. The summed E-state index contributed by atoms with van der Waals surface area (Å²) in [7, 11) is 0. The van der Waals surface area contributed by atoms with Crippen LogP contribution in [0.3, 0.4) is 0 Å². The second-order valence-electron chi connectivity index (χ2n) is 22.6. The van der Waals surface area contributed by atoms with E-state index in [2.05, 4.69) is 0 Å². The van der Waals surface area contributed by atoms with Gasteiger partial charge in [-0.3, -0.25) is 38.6 Å². The summed E-state index contributed by atoms with van der Waals surface area (Å²) < 4.78 is 193. The van der Waals surface area contributed by atoms with Crippen molar-refractivity contribution >= 4 is 47.1 Å². The molecule has 1 unspecified atom stereocenters. The number of carbonyl (C=O) groups excluding carboxylic acids is 7. The summed E-state index contributed by atoms with van der Waals surface area (Å²) in [6.07, 6.45) is -23.5. The van der Waals surface area contributed by atoms with Gasteiger partial charge in [-0.25, -0.2) is 9.69 Å². The molecule has 23 heteroatoms. The third-order valence-electron chi connectivity index (χ3n) is 17.8. The number of imide groups is 3. The average Bonchev–Trinajstić information content (AvgIpc) is 1.33. The van der Waals surface area contributed by atoms with Gasteiger partial charge in [0.25, 0.3) is 35.4 Å². The molecule has 0 saturated heterocycles. The fraction of sp³-hybridized carbons (Fsp3) is 0.338. The molecule has 3 aliphatic rings. The summed E-state index contributed by atoms with van der Waals surface area (Å²) in [4.78, 5) is 99.5. The van der Waals surface area contributed by atoms with Crippen LogP contribution in [0.4, 0.5) is 58.4 Å². The van der Waals surface area contributed by atoms with Gasteiger partial charge < -0.3 is 4.74 Å². The Morgan fingerprint density at radius 1 is 0.443 bits per heavy atom. The first-order chi connectivity index (χ1) is 41.0. The highest BCUT2D eigenvalue weighted by atomic mass is 19.4. The lowest BCUT2D eigenvalue weighted by Crippen LogP contribution is -2.63. The number of anilines is 1. The maximum atomic E-state index is 15.8. The number of aryl methyl sites for hydroxylation is 1. The van der Waals surface area contributed by atoms with E-state index in [1.54, 1.807) is 58.9 Å². The van der Waals surface area contributed by atoms with Crippen molar-refractivity contribution in [3.8, 4) is 16.9 Å². The normalized spacial score (nSPS) is 15.8. The van der Waals surface area contributed by atoms with E-state index in [4.69, 9.17) is 4.74 Å². The zero-order valence-corrected chi connectivity index (χ0v) is 48.4. The highest BCUT2D eigenvalue weighted by molar-refractivity contribution is 6.34. The summed E-state index contributed by atoms with van der Waals surface area (Å²) in [5.74, 6) is -7.77. The summed E-state index contributed by atoms with van der Waals surface area (Å²) in [5, 5.41) is 0. The number of amides is 6. The van der Waals surface area contributed by atoms with E-state index >= 15 is 52.7 Å². The molecule has 0 bridgehead atoms. The standard InChI is InChI=1S/C65H55F12N3O8/c1-9-28-59(11-3,60(12-4,13-5)80-54(84)44-23-16-35(29-46(44)56(80)86)57(87)88-40-21-14-34(6)15-22-40)36-17-24-41(49(32-36)62(66,67)68)42-27-20-39(33-50(42)63(69,70)71)78-51(81)43-25-18-37(30-47(43)52(78)82)61(64(72,73)74,65(75,76)77)38-19-26-45-48(31-38)55(85)79(53(45)83)58(7,8)10-2/h14-27,29-33H,9-13,28H2,1-8H3. The van der Waals surface area contributed by atoms with Crippen LogP contribution in [0.5, 0.6) is 5.75 Å². The van der Waals surface area contributed by atoms with Crippen molar-refractivity contribution < 1.29 is 91.0 Å². The van der Waals surface area contributed by atoms with Crippen LogP contribution in [0.1, 0.15) is 193 Å². The molecule has 6 amide bonds. The number of hydrogen-bond acceptors (Lipinski definition) is 8. The molecule has 6 aromatic carbocycles. The van der Waals surface area contributed by atoms with Crippen LogP contribution in [0.2, 0.25) is 0 Å². The molecule has 88 heavy (non-hydrogen) atoms. The van der Waals surface area contributed by atoms with Gasteiger partial charge in [-0.1, -0.05) is 89.1 Å². The lowest BCUT2D eigenvalue weighted by atomic mass is 9.58. The van der Waals surface area contributed by atoms with Crippen LogP contribution < -0.4 is 9.64 Å². The van der Waals surface area contributed by atoms with Crippen molar-refractivity contribution in [1.29, 1.82) is 0 Å². The molecular formula is C65H55F12N3O8. The van der Waals surface area contributed by atoms with Crippen molar-refractivity contribution in [3.05, 3.63) is 188 Å². The molecule has 0 radical (unpaired) electrons. The fourth-order valence-corrected chi connectivity index (χ4v) is 13.1. The van der Waals surface area contributed by atoms with Crippen molar-refractivity contribution in [2.45, 2.75) is 141 Å². The Morgan fingerprint density at radius 3 is 1.38 bits per heavy atom. The molecule has 0 aromatic heterocycles. The van der Waals surface area contributed by atoms with E-state index in [1.807, 2.05) is 6.92 Å². The largest absolute Gasteiger partial charge is 0.423 e. The van der Waals surface area contributed by atoms with Crippen LogP contribution in [-0.4, -0.2) is 74.6 Å². The van der Waals surface area contributed by atoms with Crippen molar-refractivity contribution in [2.75, 3.05) is 4.90 Å². The molecule has 0 saturated carbocycles. The molecule has 11 nitrogen and oxygen atoms in total. The number of halogens is 12. The predicted octanol–water partition coefficient (Wildman–Crippen LogP) is 16.2. The highest BCUT2D eigenvalue weighted by Gasteiger charge is 2.73. The SMILES string of the molecule is CCCC(CC)(c1ccc(-c2ccc(N3C(=O)c4ccc(C(c5ccc6c(c5)C(=O)N(C(C)(C)CC)C6=O)(C(F)(F)F)C(F)(F)F)cc4C3=O)cc2C(F)(F)F)c(C(F)(F)F)c1)C(CC)(CC)N1C(=O)c2ccc(C(=O)Oc3ccc(C)cc3)cc2C1=O. The fourth-order valence-electron chi connectivity index (χ4n) is 13.1. The first-order valence-electron chi connectivity index (χ1n) is 27.9. The number of rotatable bonds is 16. The summed E-state index contributed by atoms with van der Waals surface area (Å²) in [6, 6.07) is 16.1. The van der Waals surface area contributed by atoms with E-state index in [-0.39, 0.29) is 95.7 Å². The second kappa shape index (κ2) is 21.9. The number of fused-ring (bicyclic) bond motifs is 3. The maximum Gasteiger partial charge on any atom is 0.417 e. The Kier molecular flexibility index (Phi) is 15.9. The number of ether oxygens (including phenoxy) is 1. The van der Waals surface area contributed by atoms with Gasteiger partial charge in [0.1, 0.15) is 5.75 Å². The summed E-state index contributed by atoms with van der Waals surface area (Å²) >= 11 is 0. The molecule has 0 fully saturated rings. The molecule has 0 spiro atoms. The Bertz CT molecular complexity index is 3900. The third kappa shape index (κ3) is 9.73. The van der Waals surface area contributed by atoms with Crippen LogP contribution in [0.25, 0.3) is 11.1 Å². The predicted molar refractivity (Wildman–Crippen MR) is 297 cm³/mol.